The van der Waals surface area contributed by atoms with Gasteiger partial charge in [0.15, 0.2) is 25.4 Å². The van der Waals surface area contributed by atoms with Gasteiger partial charge in [-0.05, 0) is 0 Å². The highest BCUT2D eigenvalue weighted by atomic mass is 31.1. The van der Waals surface area contributed by atoms with Crippen molar-refractivity contribution in [3.8, 4) is 0 Å². The molecule has 1 atom stereocenters. The van der Waals surface area contributed by atoms with E-state index in [2.05, 4.69) is 4.52 Å². The summed E-state index contributed by atoms with van der Waals surface area (Å²) < 4.78 is 14.6. The van der Waals surface area contributed by atoms with Crippen LogP contribution in [0.25, 0.3) is 0 Å². The lowest BCUT2D eigenvalue weighted by Crippen LogP contribution is -1.66. The Bertz CT molecular complexity index is 50.9. The van der Waals surface area contributed by atoms with E-state index in [1.165, 1.54) is 7.11 Å². The highest BCUT2D eigenvalue weighted by Crippen LogP contribution is 2.17. The molecule has 0 rings (SSSR count). The highest BCUT2D eigenvalue weighted by Gasteiger charge is 1.83. The summed E-state index contributed by atoms with van der Waals surface area (Å²) in [5, 5.41) is 0. The maximum Gasteiger partial charge on any atom is 0.191 e. The Morgan fingerprint density at radius 2 is 2.14 bits per heavy atom. The molecule has 0 heterocycles. The Kier molecular flexibility index (Phi) is 10.2. The summed E-state index contributed by atoms with van der Waals surface area (Å²) in [5.74, 6) is 0. The smallest absolute Gasteiger partial charge is 0.191 e. The second kappa shape index (κ2) is 6.72. The van der Waals surface area contributed by atoms with Crippen LogP contribution >= 0.6 is 8.03 Å². The van der Waals surface area contributed by atoms with Crippen molar-refractivity contribution >= 4 is 25.4 Å². The van der Waals surface area contributed by atoms with Crippen LogP contribution in [0.2, 0.25) is 0 Å². The molecule has 0 aromatic carbocycles. The van der Waals surface area contributed by atoms with Gasteiger partial charge in [0.1, 0.15) is 0 Å². The maximum absolute atomic E-state index is 10.1. The maximum atomic E-state index is 10.1. The predicted octanol–water partition coefficient (Wildman–Crippen LogP) is -0.0565. The Morgan fingerprint density at radius 3 is 2.14 bits per heavy atom. The van der Waals surface area contributed by atoms with E-state index in [0.717, 1.165) is 0 Å². The van der Waals surface area contributed by atoms with Crippen LogP contribution in [0.3, 0.4) is 0 Å². The van der Waals surface area contributed by atoms with Crippen molar-refractivity contribution in [2.75, 3.05) is 13.3 Å². The molecule has 0 saturated heterocycles. The molecule has 0 saturated carbocycles. The fourth-order valence-electron chi connectivity index (χ4n) is 0.144. The van der Waals surface area contributed by atoms with Crippen LogP contribution in [-0.2, 0) is 9.09 Å². The molecule has 7 heavy (non-hydrogen) atoms. The molecule has 0 aliphatic rings. The van der Waals surface area contributed by atoms with Gasteiger partial charge in [0.05, 0.1) is 0 Å². The van der Waals surface area contributed by atoms with E-state index in [-0.39, 0.29) is 17.4 Å². The van der Waals surface area contributed by atoms with E-state index >= 15 is 0 Å². The summed E-state index contributed by atoms with van der Waals surface area (Å²) in [6.07, 6.45) is 0.654. The first kappa shape index (κ1) is 10.7. The molecule has 0 N–H and O–H groups in total. The molecule has 1 unspecified atom stereocenters. The van der Waals surface area contributed by atoms with Gasteiger partial charge in [-0.2, -0.15) is 0 Å². The van der Waals surface area contributed by atoms with Crippen LogP contribution in [0.4, 0.5) is 0 Å². The summed E-state index contributed by atoms with van der Waals surface area (Å²) in [7, 11) is -0.155. The van der Waals surface area contributed by atoms with Gasteiger partial charge in [-0.3, -0.25) is 4.57 Å². The summed E-state index contributed by atoms with van der Waals surface area (Å²) in [4.78, 5) is 0. The normalized spacial score (nSPS) is 12.3. The van der Waals surface area contributed by atoms with Gasteiger partial charge >= 0.3 is 0 Å². The lowest BCUT2D eigenvalue weighted by atomic mass is 11.0. The summed E-state index contributed by atoms with van der Waals surface area (Å²) in [6.45, 7) is 1.84. The van der Waals surface area contributed by atoms with E-state index in [1.54, 1.807) is 0 Å². The standard InChI is InChI=1S/C3H9O2P.Al.3H/c1-3-6(4)5-2;;;;/h6H,3H2,1-2H3;;;;. The largest absolute Gasteiger partial charge is 0.334 e. The first-order chi connectivity index (χ1) is 2.81. The van der Waals surface area contributed by atoms with Crippen LogP contribution in [0, 0.1) is 0 Å². The van der Waals surface area contributed by atoms with Gasteiger partial charge in [-0.25, -0.2) is 0 Å². The molecule has 0 fully saturated rings. The third-order valence-corrected chi connectivity index (χ3v) is 1.55. The van der Waals surface area contributed by atoms with E-state index in [9.17, 15) is 4.57 Å². The monoisotopic (exact) mass is 138 g/mol. The van der Waals surface area contributed by atoms with E-state index < -0.39 is 8.03 Å². The zero-order valence-corrected chi connectivity index (χ0v) is 5.02. The van der Waals surface area contributed by atoms with Gasteiger partial charge in [0.25, 0.3) is 0 Å². The SMILES string of the molecule is CC[PH](=O)OC.[AlH3]. The van der Waals surface area contributed by atoms with Gasteiger partial charge < -0.3 is 4.52 Å². The van der Waals surface area contributed by atoms with Crippen molar-refractivity contribution in [3.63, 3.8) is 0 Å². The van der Waals surface area contributed by atoms with Crippen molar-refractivity contribution < 1.29 is 9.09 Å². The molecular formula is C3H12AlO2P. The molecule has 0 aliphatic heterocycles. The Morgan fingerprint density at radius 1 is 1.71 bits per heavy atom. The molecule has 0 spiro atoms. The van der Waals surface area contributed by atoms with Crippen LogP contribution in [0.15, 0.2) is 0 Å². The van der Waals surface area contributed by atoms with Gasteiger partial charge in [-0.15, -0.1) is 0 Å². The quantitative estimate of drug-likeness (QED) is 0.395. The number of hydrogen-bond acceptors (Lipinski definition) is 2. The average Bonchev–Trinajstić information content (AvgIpc) is 1.65. The van der Waals surface area contributed by atoms with Crippen LogP contribution in [-0.4, -0.2) is 30.6 Å². The Labute approximate surface area is 55.2 Å². The highest BCUT2D eigenvalue weighted by molar-refractivity contribution is 7.39. The molecule has 4 heteroatoms. The molecule has 0 radical (unpaired) electrons. The molecule has 0 aromatic heterocycles. The summed E-state index contributed by atoms with van der Waals surface area (Å²) in [5.41, 5.74) is 0. The van der Waals surface area contributed by atoms with Crippen molar-refractivity contribution in [3.05, 3.63) is 0 Å². The van der Waals surface area contributed by atoms with Gasteiger partial charge in [-0.1, -0.05) is 6.92 Å². The predicted molar refractivity (Wildman–Crippen MR) is 36.5 cm³/mol. The van der Waals surface area contributed by atoms with Crippen molar-refractivity contribution in [2.45, 2.75) is 6.92 Å². The number of rotatable bonds is 2. The zero-order valence-electron chi connectivity index (χ0n) is 4.02. The van der Waals surface area contributed by atoms with Crippen LogP contribution < -0.4 is 0 Å². The van der Waals surface area contributed by atoms with Gasteiger partial charge in [0.2, 0.25) is 0 Å². The third-order valence-electron chi connectivity index (χ3n) is 0.516. The molecule has 0 amide bonds. The topological polar surface area (TPSA) is 26.3 Å². The average molecular weight is 138 g/mol. The molecular weight excluding hydrogens is 126 g/mol. The lowest BCUT2D eigenvalue weighted by molar-refractivity contribution is 0.416. The van der Waals surface area contributed by atoms with Crippen molar-refractivity contribution in [1.29, 1.82) is 0 Å². The van der Waals surface area contributed by atoms with Crippen molar-refractivity contribution in [1.82, 2.24) is 0 Å². The first-order valence-electron chi connectivity index (χ1n) is 1.88. The fourth-order valence-corrected chi connectivity index (χ4v) is 0.433. The second-order valence-electron chi connectivity index (χ2n) is 0.930. The minimum atomic E-state index is -1.62. The molecule has 0 aromatic rings. The first-order valence-corrected chi connectivity index (χ1v) is 3.40. The molecule has 44 valence electrons. The van der Waals surface area contributed by atoms with E-state index in [4.69, 9.17) is 0 Å². The molecule has 0 bridgehead atoms. The van der Waals surface area contributed by atoms with E-state index in [0.29, 0.717) is 6.16 Å². The third kappa shape index (κ3) is 6.72. The second-order valence-corrected chi connectivity index (χ2v) is 2.79. The van der Waals surface area contributed by atoms with Crippen molar-refractivity contribution in [2.24, 2.45) is 0 Å². The zero-order chi connectivity index (χ0) is 4.99. The minimum absolute atomic E-state index is 0. The van der Waals surface area contributed by atoms with Gasteiger partial charge in [0, 0.05) is 13.3 Å². The van der Waals surface area contributed by atoms with Crippen LogP contribution in [0.1, 0.15) is 6.92 Å². The molecule has 0 aliphatic carbocycles. The van der Waals surface area contributed by atoms with Crippen LogP contribution in [0.5, 0.6) is 0 Å². The Hall–Kier alpha value is 0.722. The molecule has 2 nitrogen and oxygen atoms in total. The number of hydrogen-bond donors (Lipinski definition) is 0. The summed E-state index contributed by atoms with van der Waals surface area (Å²) >= 11 is 0. The fraction of sp³-hybridized carbons (Fsp3) is 1.00. The van der Waals surface area contributed by atoms with E-state index in [1.807, 2.05) is 6.92 Å². The Balaban J connectivity index is 0. The lowest BCUT2D eigenvalue weighted by Gasteiger charge is -1.87. The summed E-state index contributed by atoms with van der Waals surface area (Å²) in [6, 6.07) is 0. The minimum Gasteiger partial charge on any atom is -0.334 e.